The van der Waals surface area contributed by atoms with Crippen LogP contribution in [0.5, 0.6) is 0 Å². The Hall–Kier alpha value is -1.67. The molecule has 1 aromatic heterocycles. The standard InChI is InChI=1S/C8H15N5O3/c1-5(14)4-9-2-3-10-6-7(15)11-8(16)13-12-6/h5,9,14H,2-4H2,1H3,(H,10,12)(H2,11,13,15,16). The Bertz CT molecular complexity index is 424. The average Bonchev–Trinajstić information content (AvgIpc) is 2.20. The van der Waals surface area contributed by atoms with Gasteiger partial charge in [-0.15, -0.1) is 5.10 Å². The number of nitrogens with zero attached hydrogens (tertiary/aromatic N) is 1. The second-order valence-electron chi connectivity index (χ2n) is 3.34. The summed E-state index contributed by atoms with van der Waals surface area (Å²) in [6, 6.07) is 0. The van der Waals surface area contributed by atoms with Crippen molar-refractivity contribution >= 4 is 5.82 Å². The number of hydrogen-bond donors (Lipinski definition) is 5. The molecule has 16 heavy (non-hydrogen) atoms. The highest BCUT2D eigenvalue weighted by Crippen LogP contribution is 1.83. The van der Waals surface area contributed by atoms with E-state index in [4.69, 9.17) is 5.11 Å². The lowest BCUT2D eigenvalue weighted by atomic mass is 10.4. The van der Waals surface area contributed by atoms with Crippen LogP contribution in [0.4, 0.5) is 5.82 Å². The number of aromatic nitrogens is 3. The van der Waals surface area contributed by atoms with Crippen molar-refractivity contribution in [1.82, 2.24) is 20.5 Å². The lowest BCUT2D eigenvalue weighted by Gasteiger charge is -2.07. The Labute approximate surface area is 91.1 Å². The third-order valence-electron chi connectivity index (χ3n) is 1.75. The molecule has 0 saturated heterocycles. The molecular weight excluding hydrogens is 214 g/mol. The summed E-state index contributed by atoms with van der Waals surface area (Å²) in [5.74, 6) is 0.0680. The molecule has 0 aliphatic rings. The van der Waals surface area contributed by atoms with Crippen LogP contribution in [0.1, 0.15) is 6.92 Å². The van der Waals surface area contributed by atoms with Crippen molar-refractivity contribution in [1.29, 1.82) is 0 Å². The van der Waals surface area contributed by atoms with Crippen LogP contribution in [-0.4, -0.2) is 46.0 Å². The fourth-order valence-corrected chi connectivity index (χ4v) is 1.05. The van der Waals surface area contributed by atoms with E-state index < -0.39 is 17.4 Å². The second kappa shape index (κ2) is 6.03. The molecule has 0 aromatic carbocycles. The van der Waals surface area contributed by atoms with Gasteiger partial charge in [0, 0.05) is 19.6 Å². The van der Waals surface area contributed by atoms with Gasteiger partial charge in [-0.3, -0.25) is 9.78 Å². The molecule has 0 aliphatic heterocycles. The van der Waals surface area contributed by atoms with E-state index in [1.54, 1.807) is 6.92 Å². The summed E-state index contributed by atoms with van der Waals surface area (Å²) < 4.78 is 0. The van der Waals surface area contributed by atoms with Crippen LogP contribution < -0.4 is 21.9 Å². The van der Waals surface area contributed by atoms with Crippen LogP contribution >= 0.6 is 0 Å². The molecule has 0 aliphatic carbocycles. The first-order valence-corrected chi connectivity index (χ1v) is 4.91. The van der Waals surface area contributed by atoms with Crippen LogP contribution in [0.3, 0.4) is 0 Å². The number of aliphatic hydroxyl groups excluding tert-OH is 1. The Morgan fingerprint density at radius 3 is 2.81 bits per heavy atom. The van der Waals surface area contributed by atoms with Gasteiger partial charge in [0.05, 0.1) is 6.10 Å². The van der Waals surface area contributed by atoms with Crippen LogP contribution in [0.2, 0.25) is 0 Å². The molecule has 1 unspecified atom stereocenters. The Kier molecular flexibility index (Phi) is 4.67. The van der Waals surface area contributed by atoms with Crippen LogP contribution in [0, 0.1) is 0 Å². The smallest absolute Gasteiger partial charge is 0.342 e. The van der Waals surface area contributed by atoms with Crippen LogP contribution in [0.25, 0.3) is 0 Å². The van der Waals surface area contributed by atoms with Crippen LogP contribution in [-0.2, 0) is 0 Å². The van der Waals surface area contributed by atoms with Gasteiger partial charge in [0.15, 0.2) is 0 Å². The molecule has 1 atom stereocenters. The molecular formula is C8H15N5O3. The first-order valence-electron chi connectivity index (χ1n) is 4.91. The minimum absolute atomic E-state index is 0.0680. The molecule has 0 spiro atoms. The minimum atomic E-state index is -0.636. The molecule has 0 fully saturated rings. The molecule has 0 amide bonds. The number of aliphatic hydroxyl groups is 1. The summed E-state index contributed by atoms with van der Waals surface area (Å²) in [4.78, 5) is 23.8. The van der Waals surface area contributed by atoms with E-state index in [2.05, 4.69) is 20.8 Å². The summed E-state index contributed by atoms with van der Waals surface area (Å²) >= 11 is 0. The average molecular weight is 229 g/mol. The van der Waals surface area contributed by atoms with Gasteiger partial charge in [-0.2, -0.15) is 0 Å². The number of rotatable bonds is 6. The lowest BCUT2D eigenvalue weighted by Crippen LogP contribution is -2.32. The molecule has 0 radical (unpaired) electrons. The first-order chi connectivity index (χ1) is 7.59. The van der Waals surface area contributed by atoms with Crippen molar-refractivity contribution in [2.75, 3.05) is 25.0 Å². The van der Waals surface area contributed by atoms with Crippen LogP contribution in [0.15, 0.2) is 9.59 Å². The van der Waals surface area contributed by atoms with E-state index >= 15 is 0 Å². The van der Waals surface area contributed by atoms with Crippen molar-refractivity contribution in [3.8, 4) is 0 Å². The Morgan fingerprint density at radius 1 is 1.44 bits per heavy atom. The number of nitrogens with one attached hydrogen (secondary N) is 4. The Morgan fingerprint density at radius 2 is 2.19 bits per heavy atom. The first kappa shape index (κ1) is 12.4. The van der Waals surface area contributed by atoms with Gasteiger partial charge in [-0.25, -0.2) is 9.89 Å². The predicted molar refractivity (Wildman–Crippen MR) is 58.5 cm³/mol. The molecule has 8 nitrogen and oxygen atoms in total. The quantitative estimate of drug-likeness (QED) is 0.354. The van der Waals surface area contributed by atoms with E-state index in [0.29, 0.717) is 19.6 Å². The number of aromatic amines is 2. The third-order valence-corrected chi connectivity index (χ3v) is 1.75. The van der Waals surface area contributed by atoms with E-state index in [-0.39, 0.29) is 5.82 Å². The fourth-order valence-electron chi connectivity index (χ4n) is 1.05. The van der Waals surface area contributed by atoms with Gasteiger partial charge < -0.3 is 15.7 Å². The summed E-state index contributed by atoms with van der Waals surface area (Å²) in [6.45, 7) is 3.20. The molecule has 0 saturated carbocycles. The van der Waals surface area contributed by atoms with Gasteiger partial charge in [0.2, 0.25) is 5.82 Å². The van der Waals surface area contributed by atoms with E-state index in [9.17, 15) is 9.59 Å². The van der Waals surface area contributed by atoms with Crippen molar-refractivity contribution < 1.29 is 5.11 Å². The van der Waals surface area contributed by atoms with Gasteiger partial charge in [0.25, 0.3) is 5.56 Å². The number of H-pyrrole nitrogens is 2. The zero-order chi connectivity index (χ0) is 12.0. The van der Waals surface area contributed by atoms with E-state index in [0.717, 1.165) is 0 Å². The van der Waals surface area contributed by atoms with E-state index in [1.165, 1.54) is 0 Å². The fraction of sp³-hybridized carbons (Fsp3) is 0.625. The van der Waals surface area contributed by atoms with Crippen molar-refractivity contribution in [3.05, 3.63) is 20.8 Å². The van der Waals surface area contributed by atoms with Gasteiger partial charge in [0.1, 0.15) is 0 Å². The van der Waals surface area contributed by atoms with E-state index in [1.807, 2.05) is 4.98 Å². The van der Waals surface area contributed by atoms with Gasteiger partial charge >= 0.3 is 5.69 Å². The SMILES string of the molecule is CC(O)CNCCNc1n[nH]c(=O)[nH]c1=O. The maximum Gasteiger partial charge on any atom is 0.342 e. The molecule has 0 bridgehead atoms. The van der Waals surface area contributed by atoms with Crippen molar-refractivity contribution in [2.24, 2.45) is 0 Å². The largest absolute Gasteiger partial charge is 0.392 e. The highest BCUT2D eigenvalue weighted by atomic mass is 16.3. The van der Waals surface area contributed by atoms with Gasteiger partial charge in [-0.1, -0.05) is 0 Å². The zero-order valence-electron chi connectivity index (χ0n) is 8.91. The normalized spacial score (nSPS) is 12.4. The molecule has 5 N–H and O–H groups in total. The summed E-state index contributed by atoms with van der Waals surface area (Å²) in [5.41, 5.74) is -1.19. The topological polar surface area (TPSA) is 123 Å². The maximum absolute atomic E-state index is 11.2. The van der Waals surface area contributed by atoms with Crippen molar-refractivity contribution in [3.63, 3.8) is 0 Å². The summed E-state index contributed by atoms with van der Waals surface area (Å²) in [7, 11) is 0. The summed E-state index contributed by atoms with van der Waals surface area (Å²) in [5, 5.41) is 20.3. The number of anilines is 1. The van der Waals surface area contributed by atoms with Gasteiger partial charge in [-0.05, 0) is 6.92 Å². The second-order valence-corrected chi connectivity index (χ2v) is 3.34. The predicted octanol–water partition coefficient (Wildman–Crippen LogP) is -2.16. The molecule has 1 rings (SSSR count). The maximum atomic E-state index is 11.2. The lowest BCUT2D eigenvalue weighted by molar-refractivity contribution is 0.192. The molecule has 90 valence electrons. The monoisotopic (exact) mass is 229 g/mol. The molecule has 8 heteroatoms. The zero-order valence-corrected chi connectivity index (χ0v) is 8.91. The number of hydrogen-bond acceptors (Lipinski definition) is 6. The third kappa shape index (κ3) is 4.24. The van der Waals surface area contributed by atoms with Crippen molar-refractivity contribution in [2.45, 2.75) is 13.0 Å². The molecule has 1 aromatic rings. The molecule has 1 heterocycles. The highest BCUT2D eigenvalue weighted by Gasteiger charge is 2.00. The Balaban J connectivity index is 2.32. The highest BCUT2D eigenvalue weighted by molar-refractivity contribution is 5.28. The minimum Gasteiger partial charge on any atom is -0.392 e. The summed E-state index contributed by atoms with van der Waals surface area (Å²) in [6.07, 6.45) is -0.408.